The van der Waals surface area contributed by atoms with Crippen LogP contribution >= 0.6 is 15.9 Å². The van der Waals surface area contributed by atoms with Crippen LogP contribution in [0, 0.1) is 0 Å². The fraction of sp³-hybridized carbons (Fsp3) is 0.833. The van der Waals surface area contributed by atoms with E-state index >= 15 is 0 Å². The van der Waals surface area contributed by atoms with Gasteiger partial charge in [0.1, 0.15) is 0 Å². The summed E-state index contributed by atoms with van der Waals surface area (Å²) in [4.78, 5) is 8.37. The summed E-state index contributed by atoms with van der Waals surface area (Å²) in [5, 5.41) is 0. The number of nitrogens with zero attached hydrogens (tertiary/aromatic N) is 2. The van der Waals surface area contributed by atoms with E-state index in [0.29, 0.717) is 4.73 Å². The van der Waals surface area contributed by atoms with Gasteiger partial charge in [0, 0.05) is 12.4 Å². The van der Waals surface area contributed by atoms with Crippen molar-refractivity contribution in [3.63, 3.8) is 0 Å². The zero-order valence-electron chi connectivity index (χ0n) is 17.9. The molecule has 0 amide bonds. The van der Waals surface area contributed by atoms with E-state index in [9.17, 15) is 0 Å². The average Bonchev–Trinajstić information content (AvgIpc) is 2.68. The Hall–Kier alpha value is -0.440. The molecule has 0 aliphatic heterocycles. The first kappa shape index (κ1) is 24.6. The summed E-state index contributed by atoms with van der Waals surface area (Å²) in [5.41, 5.74) is 1.26. The van der Waals surface area contributed by atoms with Gasteiger partial charge in [-0.2, -0.15) is 0 Å². The lowest BCUT2D eigenvalue weighted by Gasteiger charge is -2.04. The van der Waals surface area contributed by atoms with Gasteiger partial charge in [-0.15, -0.1) is 0 Å². The molecule has 0 spiro atoms. The van der Waals surface area contributed by atoms with Crippen LogP contribution in [0.2, 0.25) is 0 Å². The zero-order valence-corrected chi connectivity index (χ0v) is 19.4. The molecule has 1 aromatic rings. The minimum Gasteiger partial charge on any atom is -0.230 e. The van der Waals surface area contributed by atoms with Gasteiger partial charge in [0.15, 0.2) is 4.73 Å². The number of hydrogen-bond donors (Lipinski definition) is 0. The van der Waals surface area contributed by atoms with Crippen molar-refractivity contribution in [2.24, 2.45) is 0 Å². The molecule has 1 aromatic heterocycles. The Morgan fingerprint density at radius 2 is 0.889 bits per heavy atom. The van der Waals surface area contributed by atoms with E-state index in [2.05, 4.69) is 32.8 Å². The summed E-state index contributed by atoms with van der Waals surface area (Å²) in [6, 6.07) is 0. The molecule has 1 heterocycles. The van der Waals surface area contributed by atoms with E-state index in [4.69, 9.17) is 0 Å². The van der Waals surface area contributed by atoms with Gasteiger partial charge in [-0.05, 0) is 34.3 Å². The first-order chi connectivity index (χ1) is 13.3. The van der Waals surface area contributed by atoms with Gasteiger partial charge in [0.25, 0.3) is 0 Å². The van der Waals surface area contributed by atoms with Crippen LogP contribution in [0.25, 0.3) is 0 Å². The van der Waals surface area contributed by atoms with E-state index in [1.807, 2.05) is 12.4 Å². The van der Waals surface area contributed by atoms with Crippen molar-refractivity contribution in [3.05, 3.63) is 22.7 Å². The van der Waals surface area contributed by atoms with Crippen molar-refractivity contribution in [3.8, 4) is 0 Å². The smallest absolute Gasteiger partial charge is 0.196 e. The second-order valence-corrected chi connectivity index (χ2v) is 8.83. The summed E-state index contributed by atoms with van der Waals surface area (Å²) >= 11 is 3.28. The van der Waals surface area contributed by atoms with E-state index in [1.165, 1.54) is 121 Å². The maximum Gasteiger partial charge on any atom is 0.196 e. The number of aromatic nitrogens is 2. The summed E-state index contributed by atoms with van der Waals surface area (Å²) in [6.45, 7) is 2.29. The van der Waals surface area contributed by atoms with E-state index in [1.54, 1.807) is 0 Å². The molecule has 0 saturated carbocycles. The van der Waals surface area contributed by atoms with Gasteiger partial charge in [0.2, 0.25) is 0 Å². The number of hydrogen-bond acceptors (Lipinski definition) is 2. The molecular weight excluding hydrogens is 396 g/mol. The van der Waals surface area contributed by atoms with Gasteiger partial charge in [-0.1, -0.05) is 116 Å². The van der Waals surface area contributed by atoms with Crippen LogP contribution in [0.1, 0.15) is 128 Å². The number of aryl methyl sites for hydroxylation is 1. The molecule has 0 saturated heterocycles. The van der Waals surface area contributed by atoms with Crippen molar-refractivity contribution in [1.82, 2.24) is 9.97 Å². The molecule has 0 fully saturated rings. The van der Waals surface area contributed by atoms with Crippen molar-refractivity contribution in [1.29, 1.82) is 0 Å². The number of halogens is 1. The van der Waals surface area contributed by atoms with Gasteiger partial charge in [0.05, 0.1) is 0 Å². The van der Waals surface area contributed by atoms with Crippen LogP contribution in [0.4, 0.5) is 0 Å². The Kier molecular flexibility index (Phi) is 17.2. The normalized spacial score (nSPS) is 11.2. The van der Waals surface area contributed by atoms with Crippen molar-refractivity contribution < 1.29 is 0 Å². The molecule has 156 valence electrons. The highest BCUT2D eigenvalue weighted by Gasteiger charge is 1.97. The average molecular weight is 440 g/mol. The monoisotopic (exact) mass is 438 g/mol. The predicted octanol–water partition coefficient (Wildman–Crippen LogP) is 8.82. The van der Waals surface area contributed by atoms with Crippen LogP contribution < -0.4 is 0 Å². The van der Waals surface area contributed by atoms with Crippen LogP contribution in [-0.2, 0) is 6.42 Å². The molecule has 0 radical (unpaired) electrons. The summed E-state index contributed by atoms with van der Waals surface area (Å²) < 4.78 is 0.684. The molecule has 3 heteroatoms. The summed E-state index contributed by atoms with van der Waals surface area (Å²) in [7, 11) is 0. The van der Waals surface area contributed by atoms with Gasteiger partial charge in [-0.25, -0.2) is 9.97 Å². The fourth-order valence-electron chi connectivity index (χ4n) is 3.70. The summed E-state index contributed by atoms with van der Waals surface area (Å²) in [6.07, 6.45) is 30.7. The van der Waals surface area contributed by atoms with Crippen molar-refractivity contribution >= 4 is 15.9 Å². The second-order valence-electron chi connectivity index (χ2n) is 8.12. The van der Waals surface area contributed by atoms with Gasteiger partial charge >= 0.3 is 0 Å². The van der Waals surface area contributed by atoms with Crippen LogP contribution in [-0.4, -0.2) is 9.97 Å². The number of rotatable bonds is 19. The largest absolute Gasteiger partial charge is 0.230 e. The molecule has 0 aliphatic rings. The minimum absolute atomic E-state index is 0.684. The number of unbranched alkanes of at least 4 members (excludes halogenated alkanes) is 17. The maximum absolute atomic E-state index is 4.18. The predicted molar refractivity (Wildman–Crippen MR) is 122 cm³/mol. The third-order valence-corrected chi connectivity index (χ3v) is 5.90. The molecule has 0 bridgehead atoms. The van der Waals surface area contributed by atoms with Gasteiger partial charge < -0.3 is 0 Å². The van der Waals surface area contributed by atoms with E-state index in [0.717, 1.165) is 6.42 Å². The van der Waals surface area contributed by atoms with Crippen LogP contribution in [0.3, 0.4) is 0 Å². The lowest BCUT2D eigenvalue weighted by Crippen LogP contribution is -1.90. The molecule has 2 nitrogen and oxygen atoms in total. The maximum atomic E-state index is 4.18. The molecule has 0 N–H and O–H groups in total. The SMILES string of the molecule is CCCCCCCCCCCCCCCCCCCCc1cnc(Br)nc1. The zero-order chi connectivity index (χ0) is 19.4. The van der Waals surface area contributed by atoms with E-state index < -0.39 is 0 Å². The Balaban J connectivity index is 1.71. The Morgan fingerprint density at radius 1 is 0.556 bits per heavy atom. The Morgan fingerprint density at radius 3 is 1.26 bits per heavy atom. The van der Waals surface area contributed by atoms with E-state index in [-0.39, 0.29) is 0 Å². The molecule has 0 atom stereocenters. The molecular formula is C24H43BrN2. The molecule has 0 aliphatic carbocycles. The third-order valence-electron chi connectivity index (χ3n) is 5.49. The standard InChI is InChI=1S/C24H43BrN2/c1-2-3-4-5-6-7-8-9-10-11-12-13-14-15-16-17-18-19-20-23-21-26-24(25)27-22-23/h21-22H,2-20H2,1H3. The molecule has 0 unspecified atom stereocenters. The Bertz CT molecular complexity index is 419. The summed E-state index contributed by atoms with van der Waals surface area (Å²) in [5.74, 6) is 0. The van der Waals surface area contributed by atoms with Gasteiger partial charge in [-0.3, -0.25) is 0 Å². The molecule has 1 rings (SSSR count). The fourth-order valence-corrected chi connectivity index (χ4v) is 3.90. The highest BCUT2D eigenvalue weighted by atomic mass is 79.9. The van der Waals surface area contributed by atoms with Crippen molar-refractivity contribution in [2.75, 3.05) is 0 Å². The van der Waals surface area contributed by atoms with Crippen LogP contribution in [0.15, 0.2) is 17.1 Å². The second kappa shape index (κ2) is 18.9. The Labute approximate surface area is 177 Å². The minimum atomic E-state index is 0.684. The first-order valence-electron chi connectivity index (χ1n) is 11.8. The first-order valence-corrected chi connectivity index (χ1v) is 12.6. The topological polar surface area (TPSA) is 25.8 Å². The highest BCUT2D eigenvalue weighted by Crippen LogP contribution is 2.15. The van der Waals surface area contributed by atoms with Crippen molar-refractivity contribution in [2.45, 2.75) is 129 Å². The highest BCUT2D eigenvalue weighted by molar-refractivity contribution is 9.10. The lowest BCUT2D eigenvalue weighted by atomic mass is 10.0. The molecule has 27 heavy (non-hydrogen) atoms. The lowest BCUT2D eigenvalue weighted by molar-refractivity contribution is 0.525. The van der Waals surface area contributed by atoms with Crippen LogP contribution in [0.5, 0.6) is 0 Å². The third kappa shape index (κ3) is 16.2. The molecule has 0 aromatic carbocycles. The quantitative estimate of drug-likeness (QED) is 0.159.